The Balaban J connectivity index is 1.05. The van der Waals surface area contributed by atoms with Crippen LogP contribution in [-0.2, 0) is 0 Å². The lowest BCUT2D eigenvalue weighted by atomic mass is 9.95. The maximum Gasteiger partial charge on any atom is 0.0950 e. The van der Waals surface area contributed by atoms with E-state index >= 15 is 0 Å². The maximum absolute atomic E-state index is 5.32. The van der Waals surface area contributed by atoms with Gasteiger partial charge in [-0.3, -0.25) is 0 Å². The van der Waals surface area contributed by atoms with Crippen LogP contribution in [0.5, 0.6) is 0 Å². The minimum Gasteiger partial charge on any atom is -0.377 e. The Labute approximate surface area is 284 Å². The van der Waals surface area contributed by atoms with Crippen molar-refractivity contribution in [3.8, 4) is 27.9 Å². The van der Waals surface area contributed by atoms with Crippen molar-refractivity contribution in [3.63, 3.8) is 0 Å². The standard InChI is InChI=1S/C46H31N3/c1-2-16-35(17-3-1)49-43-23-9-8-20-38(43)41-28-33(24-25-44(41)49)31-13-10-12-30(26-31)32-14-11-15-34(27-32)42-29-47-45-39-21-6-4-18-36(39)37-19-5-7-22-40(37)46(45)48-42/h1-28,47H,29H2. The van der Waals surface area contributed by atoms with Gasteiger partial charge in [0, 0.05) is 27.2 Å². The molecule has 0 fully saturated rings. The molecule has 0 saturated carbocycles. The molecular formula is C46H31N3. The van der Waals surface area contributed by atoms with Gasteiger partial charge in [0.25, 0.3) is 0 Å². The minimum atomic E-state index is 0.676. The van der Waals surface area contributed by atoms with Gasteiger partial charge in [0.1, 0.15) is 0 Å². The number of nitrogens with one attached hydrogen (secondary N) is 1. The summed E-state index contributed by atoms with van der Waals surface area (Å²) in [6, 6.07) is 61.1. The molecule has 0 atom stereocenters. The third-order valence-corrected chi connectivity index (χ3v) is 10.00. The van der Waals surface area contributed by atoms with Gasteiger partial charge in [-0.1, -0.05) is 127 Å². The summed E-state index contributed by atoms with van der Waals surface area (Å²) in [6.45, 7) is 0.676. The molecule has 1 aliphatic rings. The molecule has 1 N–H and O–H groups in total. The van der Waals surface area contributed by atoms with Gasteiger partial charge < -0.3 is 9.88 Å². The summed E-state index contributed by atoms with van der Waals surface area (Å²) in [5.41, 5.74) is 12.7. The van der Waals surface area contributed by atoms with Crippen molar-refractivity contribution in [1.29, 1.82) is 0 Å². The number of anilines is 1. The van der Waals surface area contributed by atoms with E-state index in [1.54, 1.807) is 0 Å². The first-order valence-electron chi connectivity index (χ1n) is 16.8. The molecule has 0 aliphatic carbocycles. The second kappa shape index (κ2) is 11.1. The van der Waals surface area contributed by atoms with Crippen LogP contribution in [0, 0.1) is 0 Å². The van der Waals surface area contributed by atoms with E-state index in [0.29, 0.717) is 6.54 Å². The van der Waals surface area contributed by atoms with Crippen molar-refractivity contribution in [2.24, 2.45) is 4.99 Å². The van der Waals surface area contributed by atoms with E-state index in [2.05, 4.69) is 180 Å². The number of aliphatic imine (C=N–C) groups is 1. The van der Waals surface area contributed by atoms with Gasteiger partial charge in [0.15, 0.2) is 0 Å². The smallest absolute Gasteiger partial charge is 0.0950 e. The molecule has 1 aromatic heterocycles. The first-order valence-corrected chi connectivity index (χ1v) is 16.8. The third kappa shape index (κ3) is 4.47. The summed E-state index contributed by atoms with van der Waals surface area (Å²) in [7, 11) is 0. The molecule has 3 heteroatoms. The Morgan fingerprint density at radius 1 is 0.408 bits per heavy atom. The molecule has 49 heavy (non-hydrogen) atoms. The molecule has 8 aromatic carbocycles. The number of fused-ring (bicyclic) bond motifs is 9. The number of hydrogen-bond acceptors (Lipinski definition) is 2. The van der Waals surface area contributed by atoms with Crippen LogP contribution in [0.1, 0.15) is 5.56 Å². The van der Waals surface area contributed by atoms with Crippen LogP contribution in [0.15, 0.2) is 175 Å². The number of para-hydroxylation sites is 2. The second-order valence-electron chi connectivity index (χ2n) is 12.8. The van der Waals surface area contributed by atoms with Gasteiger partial charge in [-0.05, 0) is 81.1 Å². The minimum absolute atomic E-state index is 0.676. The van der Waals surface area contributed by atoms with Crippen molar-refractivity contribution in [1.82, 2.24) is 4.57 Å². The molecule has 0 unspecified atom stereocenters. The molecule has 1 aliphatic heterocycles. The van der Waals surface area contributed by atoms with Crippen LogP contribution in [0.25, 0.3) is 71.3 Å². The van der Waals surface area contributed by atoms with Crippen LogP contribution in [0.3, 0.4) is 0 Å². The summed E-state index contributed by atoms with van der Waals surface area (Å²) in [4.78, 5) is 5.32. The van der Waals surface area contributed by atoms with E-state index in [1.165, 1.54) is 71.3 Å². The second-order valence-corrected chi connectivity index (χ2v) is 12.8. The van der Waals surface area contributed by atoms with Gasteiger partial charge >= 0.3 is 0 Å². The highest BCUT2D eigenvalue weighted by molar-refractivity contribution is 6.22. The van der Waals surface area contributed by atoms with E-state index in [4.69, 9.17) is 4.99 Å². The molecule has 0 radical (unpaired) electrons. The fourth-order valence-corrected chi connectivity index (χ4v) is 7.70. The summed E-state index contributed by atoms with van der Waals surface area (Å²) in [5.74, 6) is 0. The number of rotatable bonds is 4. The van der Waals surface area contributed by atoms with Gasteiger partial charge in [0.05, 0.1) is 34.7 Å². The summed E-state index contributed by atoms with van der Waals surface area (Å²) in [5, 5.41) is 11.1. The van der Waals surface area contributed by atoms with E-state index in [-0.39, 0.29) is 0 Å². The van der Waals surface area contributed by atoms with Crippen LogP contribution in [-0.4, -0.2) is 16.8 Å². The molecule has 9 aromatic rings. The Hall–Kier alpha value is -6.45. The monoisotopic (exact) mass is 625 g/mol. The molecule has 230 valence electrons. The lowest BCUT2D eigenvalue weighted by Gasteiger charge is -2.22. The van der Waals surface area contributed by atoms with Crippen LogP contribution in [0.4, 0.5) is 11.4 Å². The molecule has 3 nitrogen and oxygen atoms in total. The first-order chi connectivity index (χ1) is 24.3. The number of nitrogens with zero attached hydrogens (tertiary/aromatic N) is 2. The topological polar surface area (TPSA) is 29.3 Å². The lowest BCUT2D eigenvalue weighted by Crippen LogP contribution is -2.19. The molecule has 0 bridgehead atoms. The van der Waals surface area contributed by atoms with Gasteiger partial charge in [-0.15, -0.1) is 0 Å². The fourth-order valence-electron chi connectivity index (χ4n) is 7.70. The predicted octanol–water partition coefficient (Wildman–Crippen LogP) is 12.0. The first kappa shape index (κ1) is 27.6. The Morgan fingerprint density at radius 3 is 1.71 bits per heavy atom. The van der Waals surface area contributed by atoms with Crippen LogP contribution >= 0.6 is 0 Å². The highest BCUT2D eigenvalue weighted by atomic mass is 15.0. The summed E-state index contributed by atoms with van der Waals surface area (Å²) in [6.07, 6.45) is 0. The lowest BCUT2D eigenvalue weighted by molar-refractivity contribution is 1.18. The highest BCUT2D eigenvalue weighted by Crippen LogP contribution is 2.44. The Bertz CT molecular complexity index is 2770. The molecule has 0 spiro atoms. The highest BCUT2D eigenvalue weighted by Gasteiger charge is 2.20. The van der Waals surface area contributed by atoms with E-state index in [1.807, 2.05) is 0 Å². The zero-order chi connectivity index (χ0) is 32.3. The zero-order valence-corrected chi connectivity index (χ0v) is 26.8. The molecular weight excluding hydrogens is 595 g/mol. The van der Waals surface area contributed by atoms with Crippen molar-refractivity contribution in [3.05, 3.63) is 175 Å². The summed E-state index contributed by atoms with van der Waals surface area (Å²) >= 11 is 0. The van der Waals surface area contributed by atoms with Crippen molar-refractivity contribution in [2.75, 3.05) is 11.9 Å². The number of aromatic nitrogens is 1. The zero-order valence-electron chi connectivity index (χ0n) is 26.8. The summed E-state index contributed by atoms with van der Waals surface area (Å²) < 4.78 is 2.36. The van der Waals surface area contributed by atoms with E-state index in [0.717, 1.165) is 22.6 Å². The molecule has 0 saturated heterocycles. The van der Waals surface area contributed by atoms with E-state index in [9.17, 15) is 0 Å². The van der Waals surface area contributed by atoms with E-state index < -0.39 is 0 Å². The van der Waals surface area contributed by atoms with Gasteiger partial charge in [0.2, 0.25) is 0 Å². The number of hydrogen-bond donors (Lipinski definition) is 1. The predicted molar refractivity (Wildman–Crippen MR) is 208 cm³/mol. The Morgan fingerprint density at radius 2 is 0.959 bits per heavy atom. The fraction of sp³-hybridized carbons (Fsp3) is 0.0217. The van der Waals surface area contributed by atoms with Crippen LogP contribution < -0.4 is 5.32 Å². The molecule has 10 rings (SSSR count). The van der Waals surface area contributed by atoms with Crippen molar-refractivity contribution >= 4 is 60.4 Å². The molecule has 0 amide bonds. The van der Waals surface area contributed by atoms with Crippen molar-refractivity contribution < 1.29 is 0 Å². The van der Waals surface area contributed by atoms with Gasteiger partial charge in [-0.2, -0.15) is 0 Å². The average Bonchev–Trinajstić information content (AvgIpc) is 3.52. The quantitative estimate of drug-likeness (QED) is 0.194. The normalized spacial score (nSPS) is 12.7. The largest absolute Gasteiger partial charge is 0.377 e. The average molecular weight is 626 g/mol. The van der Waals surface area contributed by atoms with Crippen molar-refractivity contribution in [2.45, 2.75) is 0 Å². The SMILES string of the molecule is c1ccc(-n2c3ccccc3c3cc(-c4cccc(-c5cccc(C6=Nc7c(c8ccccc8c8ccccc78)NC6)c5)c4)ccc32)cc1. The number of benzene rings is 8. The maximum atomic E-state index is 5.32. The Kier molecular flexibility index (Phi) is 6.25. The third-order valence-electron chi connectivity index (χ3n) is 10.00. The van der Waals surface area contributed by atoms with Gasteiger partial charge in [-0.25, -0.2) is 4.99 Å². The van der Waals surface area contributed by atoms with Crippen LogP contribution in [0.2, 0.25) is 0 Å². The molecule has 2 heterocycles.